The molecule has 32 heavy (non-hydrogen) atoms. The van der Waals surface area contributed by atoms with Crippen LogP contribution in [0.5, 0.6) is 0 Å². The number of aliphatic hydroxyl groups is 1. The number of urea groups is 1. The Balaban J connectivity index is 1.73. The summed E-state index contributed by atoms with van der Waals surface area (Å²) >= 11 is 0. The molecule has 0 spiro atoms. The van der Waals surface area contributed by atoms with E-state index in [0.29, 0.717) is 12.8 Å². The molecule has 2 heterocycles. The van der Waals surface area contributed by atoms with Gasteiger partial charge in [-0.25, -0.2) is 9.78 Å². The van der Waals surface area contributed by atoms with Gasteiger partial charge in [-0.15, -0.1) is 5.10 Å². The first kappa shape index (κ1) is 21.5. The van der Waals surface area contributed by atoms with E-state index in [-0.39, 0.29) is 28.6 Å². The van der Waals surface area contributed by atoms with Gasteiger partial charge in [-0.1, -0.05) is 12.1 Å². The molecule has 1 fully saturated rings. The zero-order chi connectivity index (χ0) is 22.9. The molecular weight excluding hydrogens is 425 g/mol. The monoisotopic (exact) mass is 444 g/mol. The van der Waals surface area contributed by atoms with Gasteiger partial charge in [0.1, 0.15) is 0 Å². The van der Waals surface area contributed by atoms with E-state index in [1.807, 2.05) is 0 Å². The molecule has 1 aliphatic rings. The van der Waals surface area contributed by atoms with E-state index < -0.39 is 29.9 Å². The van der Waals surface area contributed by atoms with Gasteiger partial charge in [0.25, 0.3) is 0 Å². The molecule has 3 aromatic rings. The number of pyridine rings is 1. The third kappa shape index (κ3) is 4.33. The van der Waals surface area contributed by atoms with Gasteiger partial charge in [0.2, 0.25) is 0 Å². The van der Waals surface area contributed by atoms with Crippen LogP contribution >= 0.6 is 0 Å². The first-order valence-corrected chi connectivity index (χ1v) is 9.74. The highest BCUT2D eigenvalue weighted by Crippen LogP contribution is 2.36. The molecule has 2 atom stereocenters. The van der Waals surface area contributed by atoms with E-state index in [1.54, 1.807) is 6.07 Å². The summed E-state index contributed by atoms with van der Waals surface area (Å²) in [5.41, 5.74) is 5.82. The Kier molecular flexibility index (Phi) is 5.66. The second-order valence-electron chi connectivity index (χ2n) is 7.31. The zero-order valence-corrected chi connectivity index (χ0v) is 16.6. The van der Waals surface area contributed by atoms with Crippen LogP contribution in [-0.4, -0.2) is 38.5 Å². The van der Waals surface area contributed by atoms with Crippen molar-refractivity contribution in [2.75, 3.05) is 16.0 Å². The number of rotatable bonds is 4. The number of amides is 2. The summed E-state index contributed by atoms with van der Waals surface area (Å²) in [5, 5.41) is 20.3. The molecule has 4 rings (SSSR count). The van der Waals surface area contributed by atoms with E-state index in [4.69, 9.17) is 5.73 Å². The Morgan fingerprint density at radius 3 is 2.59 bits per heavy atom. The number of carbonyl (C=O) groups is 1. The highest BCUT2D eigenvalue weighted by Gasteiger charge is 2.39. The molecule has 1 aliphatic carbocycles. The summed E-state index contributed by atoms with van der Waals surface area (Å²) < 4.78 is 39.4. The Morgan fingerprint density at radius 1 is 1.16 bits per heavy atom. The number of anilines is 3. The Hall–Kier alpha value is -3.73. The predicted octanol–water partition coefficient (Wildman–Crippen LogP) is 3.70. The summed E-state index contributed by atoms with van der Waals surface area (Å²) in [6.07, 6.45) is -2.86. The summed E-state index contributed by atoms with van der Waals surface area (Å²) in [6, 6.07) is 9.53. The van der Waals surface area contributed by atoms with Gasteiger partial charge in [-0.05, 0) is 49.2 Å². The van der Waals surface area contributed by atoms with Crippen molar-refractivity contribution in [3.8, 4) is 11.3 Å². The molecule has 0 radical (unpaired) electrons. The van der Waals surface area contributed by atoms with Crippen molar-refractivity contribution >= 4 is 23.4 Å². The van der Waals surface area contributed by atoms with E-state index in [9.17, 15) is 23.1 Å². The fourth-order valence-electron chi connectivity index (χ4n) is 3.38. The SMILES string of the molecule is Nc1ccc(-c2cccc(C(F)(F)F)c2)nc1N(C(=O)Nc1cccnn1)C1CC[C@H]1O. The maximum atomic E-state index is 13.1. The molecule has 0 bridgehead atoms. The van der Waals surface area contributed by atoms with Crippen molar-refractivity contribution in [3.63, 3.8) is 0 Å². The number of alkyl halides is 3. The van der Waals surface area contributed by atoms with Gasteiger partial charge >= 0.3 is 12.2 Å². The van der Waals surface area contributed by atoms with Crippen LogP contribution in [0.4, 0.5) is 35.3 Å². The molecule has 1 saturated carbocycles. The summed E-state index contributed by atoms with van der Waals surface area (Å²) in [5.74, 6) is 0.217. The molecule has 4 N–H and O–H groups in total. The summed E-state index contributed by atoms with van der Waals surface area (Å²) in [7, 11) is 0. The minimum atomic E-state index is -4.51. The molecule has 166 valence electrons. The minimum absolute atomic E-state index is 0.0325. The Morgan fingerprint density at radius 2 is 1.97 bits per heavy atom. The second-order valence-corrected chi connectivity index (χ2v) is 7.31. The van der Waals surface area contributed by atoms with Crippen LogP contribution in [0.2, 0.25) is 0 Å². The van der Waals surface area contributed by atoms with Crippen molar-refractivity contribution in [3.05, 3.63) is 60.3 Å². The lowest BCUT2D eigenvalue weighted by molar-refractivity contribution is -0.137. The Labute approximate surface area is 180 Å². The highest BCUT2D eigenvalue weighted by atomic mass is 19.4. The van der Waals surface area contributed by atoms with Gasteiger partial charge in [-0.3, -0.25) is 10.2 Å². The van der Waals surface area contributed by atoms with E-state index in [2.05, 4.69) is 20.5 Å². The van der Waals surface area contributed by atoms with Gasteiger partial charge in [0.15, 0.2) is 11.6 Å². The summed E-state index contributed by atoms with van der Waals surface area (Å²) in [6.45, 7) is 0. The molecule has 11 heteroatoms. The second kappa shape index (κ2) is 8.42. The smallest absolute Gasteiger partial charge is 0.396 e. The van der Waals surface area contributed by atoms with Gasteiger partial charge in [0, 0.05) is 11.8 Å². The predicted molar refractivity (Wildman–Crippen MR) is 112 cm³/mol. The number of aromatic nitrogens is 3. The molecular formula is C21H19F3N6O2. The van der Waals surface area contributed by atoms with Crippen molar-refractivity contribution < 1.29 is 23.1 Å². The lowest BCUT2D eigenvalue weighted by Gasteiger charge is -2.41. The van der Waals surface area contributed by atoms with Crippen LogP contribution < -0.4 is 16.0 Å². The first-order valence-electron chi connectivity index (χ1n) is 9.74. The Bertz CT molecular complexity index is 1130. The number of hydrogen-bond acceptors (Lipinski definition) is 6. The van der Waals surface area contributed by atoms with Gasteiger partial charge in [-0.2, -0.15) is 18.3 Å². The molecule has 1 unspecified atom stereocenters. The van der Waals surface area contributed by atoms with Crippen LogP contribution in [0, 0.1) is 0 Å². The van der Waals surface area contributed by atoms with Gasteiger partial charge in [0.05, 0.1) is 29.1 Å². The number of hydrogen-bond donors (Lipinski definition) is 3. The zero-order valence-electron chi connectivity index (χ0n) is 16.6. The number of nitrogen functional groups attached to an aromatic ring is 1. The van der Waals surface area contributed by atoms with E-state index >= 15 is 0 Å². The topological polar surface area (TPSA) is 117 Å². The number of aliphatic hydroxyl groups excluding tert-OH is 1. The van der Waals surface area contributed by atoms with Crippen LogP contribution in [-0.2, 0) is 6.18 Å². The fourth-order valence-corrected chi connectivity index (χ4v) is 3.38. The maximum absolute atomic E-state index is 13.1. The van der Waals surface area contributed by atoms with Crippen molar-refractivity contribution in [1.82, 2.24) is 15.2 Å². The highest BCUT2D eigenvalue weighted by molar-refractivity contribution is 6.03. The van der Waals surface area contributed by atoms with Gasteiger partial charge < -0.3 is 10.8 Å². The molecule has 8 nitrogen and oxygen atoms in total. The number of benzene rings is 1. The number of nitrogens with one attached hydrogen (secondary N) is 1. The molecule has 0 saturated heterocycles. The van der Waals surface area contributed by atoms with Crippen LogP contribution in [0.25, 0.3) is 11.3 Å². The van der Waals surface area contributed by atoms with Crippen molar-refractivity contribution in [1.29, 1.82) is 0 Å². The van der Waals surface area contributed by atoms with Crippen molar-refractivity contribution in [2.45, 2.75) is 31.2 Å². The van der Waals surface area contributed by atoms with E-state index in [1.165, 1.54) is 41.4 Å². The lowest BCUT2D eigenvalue weighted by atomic mass is 9.87. The lowest BCUT2D eigenvalue weighted by Crippen LogP contribution is -2.55. The molecule has 1 aromatic carbocycles. The number of carbonyl (C=O) groups excluding carboxylic acids is 1. The van der Waals surface area contributed by atoms with Crippen molar-refractivity contribution in [2.24, 2.45) is 0 Å². The van der Waals surface area contributed by atoms with Crippen LogP contribution in [0.15, 0.2) is 54.7 Å². The molecule has 0 aliphatic heterocycles. The van der Waals surface area contributed by atoms with Crippen LogP contribution in [0.3, 0.4) is 0 Å². The van der Waals surface area contributed by atoms with E-state index in [0.717, 1.165) is 12.1 Å². The fraction of sp³-hybridized carbons (Fsp3) is 0.238. The van der Waals surface area contributed by atoms with Crippen LogP contribution in [0.1, 0.15) is 18.4 Å². The third-order valence-electron chi connectivity index (χ3n) is 5.18. The standard InChI is InChI=1S/C21H19F3N6O2/c22-21(23,24)13-4-1-3-12(11-13)15-7-6-14(25)19(27-15)30(16-8-9-17(16)31)20(32)28-18-5-2-10-26-29-18/h1-7,10-11,16-17,31H,8-9,25H2,(H,28,29,32)/t16?,17-/m1/s1. The molecule has 2 aromatic heterocycles. The maximum Gasteiger partial charge on any atom is 0.416 e. The number of nitrogens with two attached hydrogens (primary N) is 1. The first-order chi connectivity index (χ1) is 15.2. The number of halogens is 3. The number of nitrogens with zero attached hydrogens (tertiary/aromatic N) is 4. The minimum Gasteiger partial charge on any atom is -0.396 e. The molecule has 2 amide bonds. The largest absolute Gasteiger partial charge is 0.416 e. The summed E-state index contributed by atoms with van der Waals surface area (Å²) in [4.78, 5) is 18.7. The quantitative estimate of drug-likeness (QED) is 0.565. The average molecular weight is 444 g/mol. The third-order valence-corrected chi connectivity index (χ3v) is 5.18. The normalized spacial score (nSPS) is 18.0. The average Bonchev–Trinajstić information content (AvgIpc) is 2.77.